The number of hydrogen-bond acceptors (Lipinski definition) is 4. The van der Waals surface area contributed by atoms with Crippen molar-refractivity contribution in [2.45, 2.75) is 19.1 Å². The Hall–Kier alpha value is -3.38. The van der Waals surface area contributed by atoms with Gasteiger partial charge in [-0.15, -0.1) is 0 Å². The number of hydrogen-bond donors (Lipinski definition) is 1. The Morgan fingerprint density at radius 2 is 1.81 bits per heavy atom. The Kier molecular flexibility index (Phi) is 4.21. The smallest absolute Gasteiger partial charge is 0.226 e. The van der Waals surface area contributed by atoms with Crippen molar-refractivity contribution in [2.75, 3.05) is 5.32 Å². The van der Waals surface area contributed by atoms with E-state index in [0.29, 0.717) is 0 Å². The van der Waals surface area contributed by atoms with Crippen LogP contribution in [0.3, 0.4) is 0 Å². The van der Waals surface area contributed by atoms with E-state index in [1.165, 1.54) is 5.56 Å². The van der Waals surface area contributed by atoms with Crippen LogP contribution in [0.1, 0.15) is 34.4 Å². The molecule has 0 radical (unpaired) electrons. The second kappa shape index (κ2) is 7.10. The summed E-state index contributed by atoms with van der Waals surface area (Å²) < 4.78 is 9.60. The summed E-state index contributed by atoms with van der Waals surface area (Å²) >= 11 is 3.62. The van der Waals surface area contributed by atoms with E-state index in [1.54, 1.807) is 6.33 Å². The summed E-state index contributed by atoms with van der Waals surface area (Å²) in [6.45, 7) is 2.10. The Labute approximate surface area is 188 Å². The second-order valence-electron chi connectivity index (χ2n) is 7.85. The van der Waals surface area contributed by atoms with Crippen molar-refractivity contribution >= 4 is 27.6 Å². The normalized spacial score (nSPS) is 19.0. The predicted molar refractivity (Wildman–Crippen MR) is 124 cm³/mol. The third-order valence-electron chi connectivity index (χ3n) is 5.87. The molecule has 6 heteroatoms. The number of nitrogens with one attached hydrogen (secondary N) is 1. The van der Waals surface area contributed by atoms with Crippen LogP contribution in [0.5, 0.6) is 5.75 Å². The zero-order valence-electron chi connectivity index (χ0n) is 16.8. The average Bonchev–Trinajstić information content (AvgIpc) is 3.26. The van der Waals surface area contributed by atoms with Crippen molar-refractivity contribution in [1.29, 1.82) is 0 Å². The molecule has 5 nitrogen and oxygen atoms in total. The fraction of sp³-hybridized carbons (Fsp3) is 0.120. The van der Waals surface area contributed by atoms with Crippen LogP contribution in [0.25, 0.3) is 5.70 Å². The summed E-state index contributed by atoms with van der Waals surface area (Å²) in [5.74, 6) is 1.59. The highest BCUT2D eigenvalue weighted by atomic mass is 79.9. The number of aromatic nitrogens is 3. The van der Waals surface area contributed by atoms with Crippen LogP contribution in [-0.4, -0.2) is 14.8 Å². The first-order valence-corrected chi connectivity index (χ1v) is 11.0. The van der Waals surface area contributed by atoms with Crippen LogP contribution in [0.4, 0.5) is 5.95 Å². The molecule has 0 bridgehead atoms. The van der Waals surface area contributed by atoms with Crippen molar-refractivity contribution in [1.82, 2.24) is 14.8 Å². The van der Waals surface area contributed by atoms with Gasteiger partial charge < -0.3 is 10.1 Å². The van der Waals surface area contributed by atoms with Crippen molar-refractivity contribution < 1.29 is 4.74 Å². The molecule has 3 aromatic carbocycles. The first-order valence-electron chi connectivity index (χ1n) is 10.2. The number of rotatable bonds is 2. The molecule has 0 saturated carbocycles. The van der Waals surface area contributed by atoms with Crippen molar-refractivity contribution in [3.63, 3.8) is 0 Å². The molecule has 6 rings (SSSR count). The summed E-state index contributed by atoms with van der Waals surface area (Å²) in [5, 5.41) is 8.11. The number of anilines is 1. The lowest BCUT2D eigenvalue weighted by atomic mass is 9.84. The van der Waals surface area contributed by atoms with Crippen molar-refractivity contribution in [3.05, 3.63) is 111 Å². The van der Waals surface area contributed by atoms with Gasteiger partial charge in [0.15, 0.2) is 0 Å². The molecule has 3 heterocycles. The zero-order valence-corrected chi connectivity index (χ0v) is 18.4. The molecular formula is C25H19BrN4O. The lowest BCUT2D eigenvalue weighted by Crippen LogP contribution is -2.32. The van der Waals surface area contributed by atoms with Crippen LogP contribution in [0, 0.1) is 6.92 Å². The molecule has 152 valence electrons. The van der Waals surface area contributed by atoms with E-state index in [0.717, 1.165) is 44.1 Å². The minimum atomic E-state index is -0.265. The van der Waals surface area contributed by atoms with E-state index in [9.17, 15) is 0 Å². The number of aryl methyl sites for hydroxylation is 1. The van der Waals surface area contributed by atoms with Crippen LogP contribution in [0.2, 0.25) is 0 Å². The number of nitrogens with zero attached hydrogens (tertiary/aromatic N) is 3. The van der Waals surface area contributed by atoms with Gasteiger partial charge in [-0.1, -0.05) is 70.0 Å². The maximum atomic E-state index is 6.63. The molecule has 0 aliphatic carbocycles. The van der Waals surface area contributed by atoms with Gasteiger partial charge in [0, 0.05) is 15.6 Å². The second-order valence-corrected chi connectivity index (χ2v) is 8.76. The van der Waals surface area contributed by atoms with E-state index in [2.05, 4.69) is 80.7 Å². The number of halogens is 1. The number of fused-ring (bicyclic) bond motifs is 3. The van der Waals surface area contributed by atoms with E-state index in [4.69, 9.17) is 4.74 Å². The quantitative estimate of drug-likeness (QED) is 0.395. The SMILES string of the molecule is Cc1ccc([C@@H]2C3=C(Nc4ncnn42)c2ccccc2O[C@H]3c2cccc(Br)c2)cc1. The molecule has 2 atom stereocenters. The van der Waals surface area contributed by atoms with Crippen LogP contribution >= 0.6 is 15.9 Å². The zero-order chi connectivity index (χ0) is 20.9. The highest BCUT2D eigenvalue weighted by molar-refractivity contribution is 9.10. The van der Waals surface area contributed by atoms with Gasteiger partial charge in [0.1, 0.15) is 24.2 Å². The fourth-order valence-corrected chi connectivity index (χ4v) is 4.85. The Morgan fingerprint density at radius 1 is 0.968 bits per heavy atom. The molecule has 4 aromatic rings. The van der Waals surface area contributed by atoms with E-state index < -0.39 is 0 Å². The van der Waals surface area contributed by atoms with Crippen LogP contribution in [-0.2, 0) is 0 Å². The number of ether oxygens (including phenoxy) is 1. The van der Waals surface area contributed by atoms with Gasteiger partial charge >= 0.3 is 0 Å². The fourth-order valence-electron chi connectivity index (χ4n) is 4.43. The molecule has 2 aliphatic rings. The maximum absolute atomic E-state index is 6.63. The van der Waals surface area contributed by atoms with Gasteiger partial charge in [-0.3, -0.25) is 0 Å². The van der Waals surface area contributed by atoms with Crippen LogP contribution < -0.4 is 10.1 Å². The summed E-state index contributed by atoms with van der Waals surface area (Å²) in [4.78, 5) is 4.48. The van der Waals surface area contributed by atoms with Gasteiger partial charge in [0.05, 0.1) is 5.70 Å². The van der Waals surface area contributed by atoms with E-state index >= 15 is 0 Å². The average molecular weight is 471 g/mol. The van der Waals surface area contributed by atoms with Crippen LogP contribution in [0.15, 0.2) is 89.2 Å². The minimum absolute atomic E-state index is 0.133. The molecule has 0 amide bonds. The Morgan fingerprint density at radius 3 is 2.65 bits per heavy atom. The minimum Gasteiger partial charge on any atom is -0.480 e. The van der Waals surface area contributed by atoms with Gasteiger partial charge in [-0.25, -0.2) is 4.68 Å². The first kappa shape index (κ1) is 18.4. The van der Waals surface area contributed by atoms with Gasteiger partial charge in [0.25, 0.3) is 0 Å². The molecule has 31 heavy (non-hydrogen) atoms. The molecule has 2 aliphatic heterocycles. The molecule has 0 unspecified atom stereocenters. The molecule has 1 N–H and O–H groups in total. The topological polar surface area (TPSA) is 52.0 Å². The summed E-state index contributed by atoms with van der Waals surface area (Å²) in [6, 6.07) is 24.9. The molecular weight excluding hydrogens is 452 g/mol. The Bertz CT molecular complexity index is 1330. The highest BCUT2D eigenvalue weighted by Gasteiger charge is 2.40. The van der Waals surface area contributed by atoms with E-state index in [1.807, 2.05) is 35.0 Å². The lowest BCUT2D eigenvalue weighted by Gasteiger charge is -2.39. The third-order valence-corrected chi connectivity index (χ3v) is 6.36. The van der Waals surface area contributed by atoms with Gasteiger partial charge in [-0.05, 0) is 42.3 Å². The molecule has 0 saturated heterocycles. The number of para-hydroxylation sites is 1. The molecule has 0 fully saturated rings. The van der Waals surface area contributed by atoms with Gasteiger partial charge in [0.2, 0.25) is 5.95 Å². The lowest BCUT2D eigenvalue weighted by molar-refractivity contribution is 0.223. The predicted octanol–water partition coefficient (Wildman–Crippen LogP) is 5.91. The highest BCUT2D eigenvalue weighted by Crippen LogP contribution is 2.50. The molecule has 0 spiro atoms. The first-order chi connectivity index (χ1) is 15.2. The maximum Gasteiger partial charge on any atom is 0.226 e. The summed E-state index contributed by atoms with van der Waals surface area (Å²) in [6.07, 6.45) is 1.33. The largest absolute Gasteiger partial charge is 0.480 e. The van der Waals surface area contributed by atoms with Gasteiger partial charge in [-0.2, -0.15) is 10.1 Å². The monoisotopic (exact) mass is 470 g/mol. The number of benzene rings is 3. The summed E-state index contributed by atoms with van der Waals surface area (Å²) in [5.41, 5.74) is 6.65. The van der Waals surface area contributed by atoms with Crippen molar-refractivity contribution in [3.8, 4) is 5.75 Å². The standard InChI is InChI=1S/C25H19BrN4O/c1-15-9-11-16(12-10-15)23-21-22(29-25-27-14-28-30(23)25)19-7-2-3-8-20(19)31-24(21)17-5-4-6-18(26)13-17/h2-14,23-24H,1H3,(H,27,28,29)/t23-,24+/m1/s1. The van der Waals surface area contributed by atoms with Crippen molar-refractivity contribution in [2.24, 2.45) is 0 Å². The third kappa shape index (κ3) is 2.98. The Balaban J connectivity index is 1.63. The molecule has 1 aromatic heterocycles. The summed E-state index contributed by atoms with van der Waals surface area (Å²) in [7, 11) is 0. The van der Waals surface area contributed by atoms with E-state index in [-0.39, 0.29) is 12.1 Å².